The molecule has 0 amide bonds. The molecule has 33 heavy (non-hydrogen) atoms. The highest BCUT2D eigenvalue weighted by Crippen LogP contribution is 2.20. The van der Waals surface area contributed by atoms with Crippen molar-refractivity contribution in [2.24, 2.45) is 5.92 Å². The van der Waals surface area contributed by atoms with E-state index in [2.05, 4.69) is 34.0 Å². The van der Waals surface area contributed by atoms with Gasteiger partial charge in [0.2, 0.25) is 0 Å². The van der Waals surface area contributed by atoms with Gasteiger partial charge in [-0.15, -0.1) is 0 Å². The van der Waals surface area contributed by atoms with Crippen molar-refractivity contribution >= 4 is 0 Å². The summed E-state index contributed by atoms with van der Waals surface area (Å²) in [6.07, 6.45) is 35.4. The van der Waals surface area contributed by atoms with E-state index in [1.807, 2.05) is 0 Å². The fourth-order valence-corrected chi connectivity index (χ4v) is 4.77. The van der Waals surface area contributed by atoms with Crippen molar-refractivity contribution in [3.8, 4) is 0 Å². The molecule has 0 aliphatic rings. The van der Waals surface area contributed by atoms with Crippen molar-refractivity contribution < 1.29 is 4.74 Å². The molecule has 0 aliphatic heterocycles. The quantitative estimate of drug-likeness (QED) is 0.0867. The summed E-state index contributed by atoms with van der Waals surface area (Å²) in [4.78, 5) is 0. The van der Waals surface area contributed by atoms with Gasteiger partial charge in [-0.2, -0.15) is 0 Å². The normalized spacial score (nSPS) is 12.9. The van der Waals surface area contributed by atoms with E-state index >= 15 is 0 Å². The number of allylic oxidation sites excluding steroid dienone is 1. The maximum absolute atomic E-state index is 6.15. The molecule has 0 N–H and O–H groups in total. The lowest BCUT2D eigenvalue weighted by Crippen LogP contribution is -2.06. The molecular weight excluding hydrogens is 400 g/mol. The summed E-state index contributed by atoms with van der Waals surface area (Å²) in [6, 6.07) is 0. The van der Waals surface area contributed by atoms with Crippen molar-refractivity contribution in [1.82, 2.24) is 0 Å². The van der Waals surface area contributed by atoms with Crippen LogP contribution in [0.15, 0.2) is 11.8 Å². The zero-order chi connectivity index (χ0) is 24.2. The van der Waals surface area contributed by atoms with Crippen molar-refractivity contribution in [3.05, 3.63) is 11.8 Å². The third kappa shape index (κ3) is 24.5. The SMILES string of the molecule is CCCCCCCCCCCCC(=COCC(CC)CCCC)CCCCCCCCCC. The van der Waals surface area contributed by atoms with Crippen LogP contribution in [0.4, 0.5) is 0 Å². The van der Waals surface area contributed by atoms with Gasteiger partial charge in [-0.3, -0.25) is 0 Å². The lowest BCUT2D eigenvalue weighted by atomic mass is 9.99. The first-order chi connectivity index (χ1) is 16.3. The number of hydrogen-bond acceptors (Lipinski definition) is 1. The molecule has 0 heterocycles. The van der Waals surface area contributed by atoms with Gasteiger partial charge in [0, 0.05) is 0 Å². The highest BCUT2D eigenvalue weighted by molar-refractivity contribution is 4.98. The van der Waals surface area contributed by atoms with Gasteiger partial charge in [0.1, 0.15) is 0 Å². The first kappa shape index (κ1) is 32.5. The van der Waals surface area contributed by atoms with Crippen LogP contribution >= 0.6 is 0 Å². The first-order valence-corrected chi connectivity index (χ1v) is 15.6. The van der Waals surface area contributed by atoms with Gasteiger partial charge < -0.3 is 4.74 Å². The van der Waals surface area contributed by atoms with E-state index in [1.54, 1.807) is 5.57 Å². The van der Waals surface area contributed by atoms with Crippen LogP contribution in [0.25, 0.3) is 0 Å². The van der Waals surface area contributed by atoms with Gasteiger partial charge >= 0.3 is 0 Å². The molecule has 0 aromatic carbocycles. The Morgan fingerprint density at radius 3 is 1.30 bits per heavy atom. The van der Waals surface area contributed by atoms with E-state index in [0.717, 1.165) is 12.5 Å². The summed E-state index contributed by atoms with van der Waals surface area (Å²) in [7, 11) is 0. The third-order valence-electron chi connectivity index (χ3n) is 7.33. The molecule has 0 saturated heterocycles. The molecule has 0 bridgehead atoms. The molecule has 1 nitrogen and oxygen atoms in total. The van der Waals surface area contributed by atoms with Crippen molar-refractivity contribution in [1.29, 1.82) is 0 Å². The first-order valence-electron chi connectivity index (χ1n) is 15.6. The third-order valence-corrected chi connectivity index (χ3v) is 7.33. The molecule has 1 unspecified atom stereocenters. The van der Waals surface area contributed by atoms with Gasteiger partial charge in [-0.1, -0.05) is 150 Å². The Bertz CT molecular complexity index is 386. The van der Waals surface area contributed by atoms with E-state index in [-0.39, 0.29) is 0 Å². The molecule has 1 atom stereocenters. The predicted molar refractivity (Wildman–Crippen MR) is 151 cm³/mol. The second-order valence-electron chi connectivity index (χ2n) is 10.7. The van der Waals surface area contributed by atoms with E-state index in [4.69, 9.17) is 4.74 Å². The maximum Gasteiger partial charge on any atom is 0.0901 e. The Morgan fingerprint density at radius 1 is 0.515 bits per heavy atom. The fourth-order valence-electron chi connectivity index (χ4n) is 4.77. The minimum Gasteiger partial charge on any atom is -0.501 e. The average molecular weight is 465 g/mol. The zero-order valence-corrected chi connectivity index (χ0v) is 23.7. The molecule has 0 aliphatic carbocycles. The topological polar surface area (TPSA) is 9.23 Å². The highest BCUT2D eigenvalue weighted by Gasteiger charge is 2.06. The Balaban J connectivity index is 4.12. The molecule has 198 valence electrons. The van der Waals surface area contributed by atoms with E-state index in [9.17, 15) is 0 Å². The van der Waals surface area contributed by atoms with E-state index in [0.29, 0.717) is 0 Å². The summed E-state index contributed by atoms with van der Waals surface area (Å²) >= 11 is 0. The van der Waals surface area contributed by atoms with Crippen LogP contribution in [0.2, 0.25) is 0 Å². The lowest BCUT2D eigenvalue weighted by Gasteiger charge is -2.15. The van der Waals surface area contributed by atoms with Crippen LogP contribution in [-0.4, -0.2) is 6.61 Å². The molecule has 0 rings (SSSR count). The average Bonchev–Trinajstić information content (AvgIpc) is 2.83. The molecule has 1 heteroatoms. The van der Waals surface area contributed by atoms with Crippen LogP contribution in [0, 0.1) is 5.92 Å². The Kier molecular flexibility index (Phi) is 27.4. The van der Waals surface area contributed by atoms with Crippen LogP contribution in [0.3, 0.4) is 0 Å². The molecule has 0 radical (unpaired) electrons. The highest BCUT2D eigenvalue weighted by atomic mass is 16.5. The standard InChI is InChI=1S/C32H64O/c1-5-9-12-14-16-18-19-21-23-25-28-32(27-24-22-20-17-15-13-10-6-2)30-33-29-31(8-4)26-11-7-3/h30-31H,5-29H2,1-4H3. The minimum atomic E-state index is 0.739. The summed E-state index contributed by atoms with van der Waals surface area (Å²) < 4.78 is 6.15. The summed E-state index contributed by atoms with van der Waals surface area (Å²) in [6.45, 7) is 10.1. The Hall–Kier alpha value is -0.460. The largest absolute Gasteiger partial charge is 0.501 e. The van der Waals surface area contributed by atoms with Gasteiger partial charge in [0.05, 0.1) is 12.9 Å². The molecule has 0 aromatic heterocycles. The van der Waals surface area contributed by atoms with Crippen LogP contribution in [0.1, 0.15) is 182 Å². The molecular formula is C32H64O. The van der Waals surface area contributed by atoms with Crippen molar-refractivity contribution in [2.45, 2.75) is 182 Å². The number of unbranched alkanes of at least 4 members (excludes halogenated alkanes) is 17. The number of rotatable bonds is 27. The smallest absolute Gasteiger partial charge is 0.0901 e. The second kappa shape index (κ2) is 27.8. The summed E-state index contributed by atoms with van der Waals surface area (Å²) in [5.41, 5.74) is 1.59. The van der Waals surface area contributed by atoms with Crippen LogP contribution in [0.5, 0.6) is 0 Å². The Labute approximate surface area is 210 Å². The van der Waals surface area contributed by atoms with Gasteiger partial charge in [-0.25, -0.2) is 0 Å². The van der Waals surface area contributed by atoms with E-state index in [1.165, 1.54) is 154 Å². The predicted octanol–water partition coefficient (Wildman–Crippen LogP) is 11.9. The lowest BCUT2D eigenvalue weighted by molar-refractivity contribution is 0.180. The molecule has 0 aromatic rings. The van der Waals surface area contributed by atoms with Crippen LogP contribution < -0.4 is 0 Å². The monoisotopic (exact) mass is 464 g/mol. The Morgan fingerprint density at radius 2 is 0.909 bits per heavy atom. The van der Waals surface area contributed by atoms with Gasteiger partial charge in [-0.05, 0) is 43.6 Å². The number of ether oxygens (including phenoxy) is 1. The fraction of sp³-hybridized carbons (Fsp3) is 0.938. The summed E-state index contributed by atoms with van der Waals surface area (Å²) in [5, 5.41) is 0. The molecule has 0 spiro atoms. The van der Waals surface area contributed by atoms with Crippen molar-refractivity contribution in [3.63, 3.8) is 0 Å². The van der Waals surface area contributed by atoms with Gasteiger partial charge in [0.15, 0.2) is 0 Å². The maximum atomic E-state index is 6.15. The zero-order valence-electron chi connectivity index (χ0n) is 23.7. The minimum absolute atomic E-state index is 0.739. The van der Waals surface area contributed by atoms with Crippen molar-refractivity contribution in [2.75, 3.05) is 6.61 Å². The molecule has 0 fully saturated rings. The molecule has 0 saturated carbocycles. The van der Waals surface area contributed by atoms with Gasteiger partial charge in [0.25, 0.3) is 0 Å². The summed E-state index contributed by atoms with van der Waals surface area (Å²) in [5.74, 6) is 0.739. The second-order valence-corrected chi connectivity index (χ2v) is 10.7. The van der Waals surface area contributed by atoms with E-state index < -0.39 is 0 Å². The number of hydrogen-bond donors (Lipinski definition) is 0. The van der Waals surface area contributed by atoms with Crippen LogP contribution in [-0.2, 0) is 4.74 Å².